The molecule has 1 aliphatic heterocycles. The van der Waals surface area contributed by atoms with Crippen LogP contribution in [0.15, 0.2) is 18.2 Å². The summed E-state index contributed by atoms with van der Waals surface area (Å²) in [6.45, 7) is 5.03. The van der Waals surface area contributed by atoms with Crippen LogP contribution in [0, 0.1) is 0 Å². The number of nitrogens with zero attached hydrogens (tertiary/aromatic N) is 1. The quantitative estimate of drug-likeness (QED) is 0.873. The van der Waals surface area contributed by atoms with Crippen LogP contribution in [-0.4, -0.2) is 31.2 Å². The average molecular weight is 241 g/mol. The van der Waals surface area contributed by atoms with Crippen LogP contribution >= 0.6 is 11.6 Å². The normalized spacial score (nSPS) is 17.6. The molecule has 0 atom stereocenters. The summed E-state index contributed by atoms with van der Waals surface area (Å²) in [7, 11) is 0. The molecule has 0 saturated carbocycles. The highest BCUT2D eigenvalue weighted by Gasteiger charge is 2.12. The minimum absolute atomic E-state index is 0.563. The van der Waals surface area contributed by atoms with Gasteiger partial charge in [-0.2, -0.15) is 0 Å². The van der Waals surface area contributed by atoms with E-state index in [1.165, 1.54) is 0 Å². The van der Waals surface area contributed by atoms with Crippen LogP contribution in [0.3, 0.4) is 0 Å². The zero-order valence-electron chi connectivity index (χ0n) is 9.29. The van der Waals surface area contributed by atoms with Crippen LogP contribution in [0.1, 0.15) is 11.1 Å². The summed E-state index contributed by atoms with van der Waals surface area (Å²) in [6, 6.07) is 6.00. The third-order valence-electron chi connectivity index (χ3n) is 2.84. The molecule has 0 aromatic heterocycles. The Morgan fingerprint density at radius 3 is 2.75 bits per heavy atom. The molecule has 1 saturated heterocycles. The highest BCUT2D eigenvalue weighted by atomic mass is 35.5. The maximum atomic E-state index is 6.17. The van der Waals surface area contributed by atoms with Gasteiger partial charge in [0.2, 0.25) is 0 Å². The van der Waals surface area contributed by atoms with Crippen molar-refractivity contribution < 1.29 is 4.74 Å². The van der Waals surface area contributed by atoms with Gasteiger partial charge < -0.3 is 10.5 Å². The highest BCUT2D eigenvalue weighted by Crippen LogP contribution is 2.19. The molecule has 1 fully saturated rings. The zero-order valence-corrected chi connectivity index (χ0v) is 10.0. The zero-order chi connectivity index (χ0) is 11.4. The van der Waals surface area contributed by atoms with Crippen molar-refractivity contribution in [2.24, 2.45) is 5.73 Å². The summed E-state index contributed by atoms with van der Waals surface area (Å²) in [6.07, 6.45) is 0. The van der Waals surface area contributed by atoms with E-state index in [0.717, 1.165) is 49.0 Å². The van der Waals surface area contributed by atoms with Gasteiger partial charge in [0, 0.05) is 31.2 Å². The summed E-state index contributed by atoms with van der Waals surface area (Å²) in [4.78, 5) is 2.35. The number of benzene rings is 1. The van der Waals surface area contributed by atoms with E-state index < -0.39 is 0 Å². The lowest BCUT2D eigenvalue weighted by Gasteiger charge is -2.27. The van der Waals surface area contributed by atoms with E-state index in [2.05, 4.69) is 11.0 Å². The van der Waals surface area contributed by atoms with E-state index in [1.54, 1.807) is 0 Å². The lowest BCUT2D eigenvalue weighted by Crippen LogP contribution is -2.35. The van der Waals surface area contributed by atoms with Crippen LogP contribution in [-0.2, 0) is 17.8 Å². The van der Waals surface area contributed by atoms with E-state index in [-0.39, 0.29) is 0 Å². The second kappa shape index (κ2) is 5.64. The van der Waals surface area contributed by atoms with Gasteiger partial charge in [0.25, 0.3) is 0 Å². The molecule has 1 heterocycles. The van der Waals surface area contributed by atoms with E-state index in [0.29, 0.717) is 6.54 Å². The first-order valence-corrected chi connectivity index (χ1v) is 5.95. The summed E-state index contributed by atoms with van der Waals surface area (Å²) < 4.78 is 5.32. The van der Waals surface area contributed by atoms with E-state index in [9.17, 15) is 0 Å². The fourth-order valence-electron chi connectivity index (χ4n) is 1.88. The van der Waals surface area contributed by atoms with Crippen molar-refractivity contribution in [3.8, 4) is 0 Å². The Morgan fingerprint density at radius 1 is 1.31 bits per heavy atom. The van der Waals surface area contributed by atoms with Crippen LogP contribution in [0.25, 0.3) is 0 Å². The van der Waals surface area contributed by atoms with Crippen molar-refractivity contribution in [3.05, 3.63) is 34.3 Å². The van der Waals surface area contributed by atoms with Gasteiger partial charge in [-0.05, 0) is 17.2 Å². The first-order valence-electron chi connectivity index (χ1n) is 5.57. The molecule has 1 aromatic rings. The molecule has 88 valence electrons. The van der Waals surface area contributed by atoms with Crippen molar-refractivity contribution >= 4 is 11.6 Å². The molecule has 4 heteroatoms. The van der Waals surface area contributed by atoms with Gasteiger partial charge >= 0.3 is 0 Å². The first kappa shape index (κ1) is 11.9. The minimum Gasteiger partial charge on any atom is -0.379 e. The van der Waals surface area contributed by atoms with Gasteiger partial charge in [-0.25, -0.2) is 0 Å². The predicted molar refractivity (Wildman–Crippen MR) is 65.4 cm³/mol. The number of hydrogen-bond donors (Lipinski definition) is 1. The molecular formula is C12H17ClN2O. The predicted octanol–water partition coefficient (Wildman–Crippen LogP) is 1.63. The molecule has 0 aliphatic carbocycles. The summed E-state index contributed by atoms with van der Waals surface area (Å²) in [5.41, 5.74) is 7.92. The SMILES string of the molecule is NCc1ccc(Cl)c(CN2CCOCC2)c1. The van der Waals surface area contributed by atoms with Crippen LogP contribution < -0.4 is 5.73 Å². The van der Waals surface area contributed by atoms with Crippen LogP contribution in [0.4, 0.5) is 0 Å². The molecule has 16 heavy (non-hydrogen) atoms. The van der Waals surface area contributed by atoms with Crippen molar-refractivity contribution in [2.45, 2.75) is 13.1 Å². The molecule has 2 N–H and O–H groups in total. The van der Waals surface area contributed by atoms with Gasteiger partial charge in [-0.15, -0.1) is 0 Å². The molecule has 3 nitrogen and oxygen atoms in total. The first-order chi connectivity index (χ1) is 7.79. The van der Waals surface area contributed by atoms with Crippen molar-refractivity contribution in [2.75, 3.05) is 26.3 Å². The van der Waals surface area contributed by atoms with Crippen LogP contribution in [0.2, 0.25) is 5.02 Å². The number of halogens is 1. The van der Waals surface area contributed by atoms with Gasteiger partial charge in [0.15, 0.2) is 0 Å². The molecular weight excluding hydrogens is 224 g/mol. The second-order valence-corrected chi connectivity index (χ2v) is 4.43. The minimum atomic E-state index is 0.563. The average Bonchev–Trinajstić information content (AvgIpc) is 2.33. The number of nitrogens with two attached hydrogens (primary N) is 1. The molecule has 0 spiro atoms. The Hall–Kier alpha value is -0.610. The van der Waals surface area contributed by atoms with Gasteiger partial charge in [0.1, 0.15) is 0 Å². The van der Waals surface area contributed by atoms with Gasteiger partial charge in [-0.3, -0.25) is 4.90 Å². The fraction of sp³-hybridized carbons (Fsp3) is 0.500. The largest absolute Gasteiger partial charge is 0.379 e. The maximum Gasteiger partial charge on any atom is 0.0594 e. The fourth-order valence-corrected chi connectivity index (χ4v) is 2.05. The number of morpholine rings is 1. The van der Waals surface area contributed by atoms with E-state index in [1.807, 2.05) is 12.1 Å². The second-order valence-electron chi connectivity index (χ2n) is 4.02. The lowest BCUT2D eigenvalue weighted by atomic mass is 10.1. The van der Waals surface area contributed by atoms with E-state index in [4.69, 9.17) is 22.1 Å². The molecule has 0 bridgehead atoms. The Bertz CT molecular complexity index is 351. The molecule has 0 amide bonds. The summed E-state index contributed by atoms with van der Waals surface area (Å²) in [5.74, 6) is 0. The maximum absolute atomic E-state index is 6.17. The Labute approximate surface area is 101 Å². The lowest BCUT2D eigenvalue weighted by molar-refractivity contribution is 0.0342. The monoisotopic (exact) mass is 240 g/mol. The standard InChI is InChI=1S/C12H17ClN2O/c13-12-2-1-10(8-14)7-11(12)9-15-3-5-16-6-4-15/h1-2,7H,3-6,8-9,14H2. The molecule has 1 aliphatic rings. The van der Waals surface area contributed by atoms with Gasteiger partial charge in [-0.1, -0.05) is 23.7 Å². The van der Waals surface area contributed by atoms with Crippen molar-refractivity contribution in [1.29, 1.82) is 0 Å². The van der Waals surface area contributed by atoms with E-state index >= 15 is 0 Å². The number of ether oxygens (including phenoxy) is 1. The smallest absolute Gasteiger partial charge is 0.0594 e. The number of hydrogen-bond acceptors (Lipinski definition) is 3. The summed E-state index contributed by atoms with van der Waals surface area (Å²) >= 11 is 6.17. The third-order valence-corrected chi connectivity index (χ3v) is 3.21. The Kier molecular flexibility index (Phi) is 4.18. The highest BCUT2D eigenvalue weighted by molar-refractivity contribution is 6.31. The van der Waals surface area contributed by atoms with Gasteiger partial charge in [0.05, 0.1) is 13.2 Å². The molecule has 0 radical (unpaired) electrons. The molecule has 2 rings (SSSR count). The Balaban J connectivity index is 2.06. The Morgan fingerprint density at radius 2 is 2.06 bits per heavy atom. The van der Waals surface area contributed by atoms with Crippen molar-refractivity contribution in [3.63, 3.8) is 0 Å². The summed E-state index contributed by atoms with van der Waals surface area (Å²) in [5, 5.41) is 0.823. The van der Waals surface area contributed by atoms with Crippen molar-refractivity contribution in [1.82, 2.24) is 4.90 Å². The number of rotatable bonds is 3. The van der Waals surface area contributed by atoms with Crippen LogP contribution in [0.5, 0.6) is 0 Å². The topological polar surface area (TPSA) is 38.5 Å². The third kappa shape index (κ3) is 2.95. The molecule has 1 aromatic carbocycles. The molecule has 0 unspecified atom stereocenters.